The highest BCUT2D eigenvalue weighted by Crippen LogP contribution is 2.35. The number of thioether (sulfide) groups is 1. The molecule has 1 N–H and O–H groups in total. The van der Waals surface area contributed by atoms with E-state index < -0.39 is 23.2 Å². The van der Waals surface area contributed by atoms with Gasteiger partial charge in [-0.1, -0.05) is 41.6 Å². The van der Waals surface area contributed by atoms with E-state index in [0.717, 1.165) is 17.3 Å². The normalized spacial score (nSPS) is 12.6. The van der Waals surface area contributed by atoms with Crippen molar-refractivity contribution in [3.8, 4) is 5.75 Å². The van der Waals surface area contributed by atoms with Gasteiger partial charge in [-0.25, -0.2) is 9.97 Å². The molecular formula is C20H17ClF3N3O2S. The molecule has 0 fully saturated rings. The number of hydrogen-bond acceptors (Lipinski definition) is 5. The molecule has 0 aliphatic rings. The van der Waals surface area contributed by atoms with E-state index in [9.17, 15) is 18.0 Å². The van der Waals surface area contributed by atoms with Crippen LogP contribution in [0.1, 0.15) is 18.3 Å². The smallest absolute Gasteiger partial charge is 0.451 e. The summed E-state index contributed by atoms with van der Waals surface area (Å²) < 4.78 is 44.8. The zero-order valence-corrected chi connectivity index (χ0v) is 17.7. The van der Waals surface area contributed by atoms with Crippen LogP contribution < -0.4 is 10.1 Å². The van der Waals surface area contributed by atoms with Crippen LogP contribution >= 0.6 is 23.4 Å². The van der Waals surface area contributed by atoms with Crippen molar-refractivity contribution in [2.45, 2.75) is 30.3 Å². The van der Waals surface area contributed by atoms with Gasteiger partial charge in [-0.2, -0.15) is 13.2 Å². The highest BCUT2D eigenvalue weighted by Gasteiger charge is 2.36. The molecule has 3 rings (SSSR count). The summed E-state index contributed by atoms with van der Waals surface area (Å²) in [5.41, 5.74) is 1.31. The molecule has 0 radical (unpaired) electrons. The van der Waals surface area contributed by atoms with E-state index in [1.165, 1.54) is 13.2 Å². The fraction of sp³-hybridized carbons (Fsp3) is 0.250. The second kappa shape index (κ2) is 8.69. The van der Waals surface area contributed by atoms with E-state index >= 15 is 0 Å². The molecule has 10 heteroatoms. The summed E-state index contributed by atoms with van der Waals surface area (Å²) in [5.74, 6) is -1.29. The highest BCUT2D eigenvalue weighted by atomic mass is 35.5. The molecule has 0 aliphatic carbocycles. The molecule has 0 saturated carbocycles. The Morgan fingerprint density at radius 2 is 1.93 bits per heavy atom. The molecule has 1 heterocycles. The third kappa shape index (κ3) is 4.79. The third-order valence-corrected chi connectivity index (χ3v) is 5.73. The van der Waals surface area contributed by atoms with Crippen LogP contribution in [0, 0.1) is 6.92 Å². The number of nitrogens with zero attached hydrogens (tertiary/aromatic N) is 2. The third-order valence-electron chi connectivity index (χ3n) is 4.22. The van der Waals surface area contributed by atoms with Crippen LogP contribution in [-0.2, 0) is 11.0 Å². The molecule has 3 aromatic rings. The Balaban J connectivity index is 1.89. The van der Waals surface area contributed by atoms with Crippen molar-refractivity contribution in [1.29, 1.82) is 0 Å². The van der Waals surface area contributed by atoms with Crippen molar-refractivity contribution in [3.05, 3.63) is 52.8 Å². The lowest BCUT2D eigenvalue weighted by Crippen LogP contribution is -2.23. The first kappa shape index (κ1) is 22.2. The predicted molar refractivity (Wildman–Crippen MR) is 111 cm³/mol. The second-order valence-corrected chi connectivity index (χ2v) is 8.15. The van der Waals surface area contributed by atoms with Gasteiger partial charge in [-0.05, 0) is 31.5 Å². The van der Waals surface area contributed by atoms with Gasteiger partial charge in [0.25, 0.3) is 0 Å². The SMILES string of the molecule is COc1cc(Cl)c(C)cc1NC(=O)C(C)Sc1nc(C(F)(F)F)nc2ccccc12. The van der Waals surface area contributed by atoms with Crippen molar-refractivity contribution in [3.63, 3.8) is 0 Å². The second-order valence-electron chi connectivity index (χ2n) is 6.42. The Hall–Kier alpha value is -2.52. The van der Waals surface area contributed by atoms with Gasteiger partial charge in [0.05, 0.1) is 23.6 Å². The number of hydrogen-bond donors (Lipinski definition) is 1. The van der Waals surface area contributed by atoms with Crippen molar-refractivity contribution in [1.82, 2.24) is 9.97 Å². The lowest BCUT2D eigenvalue weighted by molar-refractivity contribution is -0.145. The first-order valence-corrected chi connectivity index (χ1v) is 10.0. The zero-order valence-electron chi connectivity index (χ0n) is 16.2. The van der Waals surface area contributed by atoms with Gasteiger partial charge < -0.3 is 10.1 Å². The van der Waals surface area contributed by atoms with Crippen molar-refractivity contribution < 1.29 is 22.7 Å². The first-order chi connectivity index (χ1) is 14.1. The van der Waals surface area contributed by atoms with E-state index in [1.54, 1.807) is 44.2 Å². The van der Waals surface area contributed by atoms with Crippen LogP contribution in [0.5, 0.6) is 5.75 Å². The number of fused-ring (bicyclic) bond motifs is 1. The molecular weight excluding hydrogens is 439 g/mol. The van der Waals surface area contributed by atoms with Crippen molar-refractivity contribution in [2.24, 2.45) is 0 Å². The summed E-state index contributed by atoms with van der Waals surface area (Å²) in [7, 11) is 1.44. The predicted octanol–water partition coefficient (Wildman–Crippen LogP) is 5.74. The van der Waals surface area contributed by atoms with E-state index in [-0.39, 0.29) is 10.5 Å². The average Bonchev–Trinajstić information content (AvgIpc) is 2.69. The molecule has 0 spiro atoms. The van der Waals surface area contributed by atoms with Crippen LogP contribution in [-0.4, -0.2) is 28.2 Å². The molecule has 0 aliphatic heterocycles. The summed E-state index contributed by atoms with van der Waals surface area (Å²) in [6.45, 7) is 3.36. The largest absolute Gasteiger partial charge is 0.495 e. The monoisotopic (exact) mass is 455 g/mol. The van der Waals surface area contributed by atoms with Crippen LogP contribution in [0.25, 0.3) is 10.9 Å². The standard InChI is InChI=1S/C20H17ClF3N3O2S/c1-10-8-15(16(29-3)9-13(10)21)25-17(28)11(2)30-18-12-6-4-5-7-14(12)26-19(27-18)20(22,23)24/h4-9,11H,1-3H3,(H,25,28). The summed E-state index contributed by atoms with van der Waals surface area (Å²) in [6.07, 6.45) is -4.70. The molecule has 158 valence electrons. The Morgan fingerprint density at radius 1 is 1.23 bits per heavy atom. The van der Waals surface area contributed by atoms with Gasteiger partial charge in [0.1, 0.15) is 10.8 Å². The number of para-hydroxylation sites is 1. The van der Waals surface area contributed by atoms with Crippen molar-refractivity contribution in [2.75, 3.05) is 12.4 Å². The minimum Gasteiger partial charge on any atom is -0.495 e. The lowest BCUT2D eigenvalue weighted by Gasteiger charge is -2.16. The number of aromatic nitrogens is 2. The molecule has 1 unspecified atom stereocenters. The first-order valence-electron chi connectivity index (χ1n) is 8.75. The zero-order chi connectivity index (χ0) is 22.1. The van der Waals surface area contributed by atoms with Gasteiger partial charge >= 0.3 is 6.18 Å². The van der Waals surface area contributed by atoms with Gasteiger partial charge in [0.2, 0.25) is 11.7 Å². The number of nitrogens with one attached hydrogen (secondary N) is 1. The van der Waals surface area contributed by atoms with Crippen LogP contribution in [0.15, 0.2) is 41.4 Å². The van der Waals surface area contributed by atoms with E-state index in [1.807, 2.05) is 0 Å². The van der Waals surface area contributed by atoms with Crippen LogP contribution in [0.2, 0.25) is 5.02 Å². The Kier molecular flexibility index (Phi) is 6.42. The van der Waals surface area contributed by atoms with Gasteiger partial charge in [-0.3, -0.25) is 4.79 Å². The number of aryl methyl sites for hydroxylation is 1. The molecule has 2 aromatic carbocycles. The molecule has 0 bridgehead atoms. The van der Waals surface area contributed by atoms with E-state index in [2.05, 4.69) is 15.3 Å². The number of ether oxygens (including phenoxy) is 1. The Morgan fingerprint density at radius 3 is 2.60 bits per heavy atom. The molecule has 5 nitrogen and oxygen atoms in total. The lowest BCUT2D eigenvalue weighted by atomic mass is 10.2. The van der Waals surface area contributed by atoms with E-state index in [0.29, 0.717) is 21.8 Å². The van der Waals surface area contributed by atoms with Crippen LogP contribution in [0.4, 0.5) is 18.9 Å². The number of amides is 1. The highest BCUT2D eigenvalue weighted by molar-refractivity contribution is 8.00. The fourth-order valence-electron chi connectivity index (χ4n) is 2.65. The number of carbonyl (C=O) groups excluding carboxylic acids is 1. The number of alkyl halides is 3. The minimum absolute atomic E-state index is 0.0785. The number of methoxy groups -OCH3 is 1. The average molecular weight is 456 g/mol. The quantitative estimate of drug-likeness (QED) is 0.392. The Bertz CT molecular complexity index is 1110. The summed E-state index contributed by atoms with van der Waals surface area (Å²) in [6, 6.07) is 9.61. The van der Waals surface area contributed by atoms with Gasteiger partial charge in [0.15, 0.2) is 0 Å². The van der Waals surface area contributed by atoms with Crippen LogP contribution in [0.3, 0.4) is 0 Å². The summed E-state index contributed by atoms with van der Waals surface area (Å²) >= 11 is 7.00. The summed E-state index contributed by atoms with van der Waals surface area (Å²) in [5, 5.41) is 2.99. The number of benzene rings is 2. The number of rotatable bonds is 5. The topological polar surface area (TPSA) is 64.1 Å². The van der Waals surface area contributed by atoms with Crippen molar-refractivity contribution >= 4 is 45.9 Å². The Labute approximate surface area is 180 Å². The summed E-state index contributed by atoms with van der Waals surface area (Å²) in [4.78, 5) is 20.0. The molecule has 30 heavy (non-hydrogen) atoms. The van der Waals surface area contributed by atoms with Gasteiger partial charge in [0, 0.05) is 16.5 Å². The number of anilines is 1. The molecule has 1 atom stereocenters. The van der Waals surface area contributed by atoms with Gasteiger partial charge in [-0.15, -0.1) is 0 Å². The molecule has 0 saturated heterocycles. The number of halogens is 4. The maximum Gasteiger partial charge on any atom is 0.451 e. The maximum absolute atomic E-state index is 13.2. The van der Waals surface area contributed by atoms with E-state index in [4.69, 9.17) is 16.3 Å². The fourth-order valence-corrected chi connectivity index (χ4v) is 3.74. The molecule has 1 aromatic heterocycles. The number of carbonyl (C=O) groups is 1. The minimum atomic E-state index is -4.70. The molecule has 1 amide bonds. The maximum atomic E-state index is 13.2.